The smallest absolute Gasteiger partial charge is 0.0938 e. The van der Waals surface area contributed by atoms with Crippen LogP contribution in [0.4, 0.5) is 0 Å². The third-order valence-corrected chi connectivity index (χ3v) is 18.8. The van der Waals surface area contributed by atoms with Crippen LogP contribution in [-0.2, 0) is 21.7 Å². The Bertz CT molecular complexity index is 4800. The Kier molecular flexibility index (Phi) is 11.5. The van der Waals surface area contributed by atoms with Gasteiger partial charge in [0.05, 0.1) is 56.1 Å². The molecule has 0 amide bonds. The summed E-state index contributed by atoms with van der Waals surface area (Å²) in [6.07, 6.45) is 0. The maximum Gasteiger partial charge on any atom is 0.0938 e. The molecule has 5 heterocycles. The van der Waals surface area contributed by atoms with Crippen molar-refractivity contribution in [3.63, 3.8) is 0 Å². The first-order valence-corrected chi connectivity index (χ1v) is 29.4. The van der Waals surface area contributed by atoms with Crippen LogP contribution in [0, 0.1) is 0 Å². The Morgan fingerprint density at radius 3 is 0.893 bits per heavy atom. The first-order chi connectivity index (χ1) is 40.7. The Hall–Kier alpha value is -9.71. The van der Waals surface area contributed by atoms with Crippen molar-refractivity contribution in [1.29, 1.82) is 0 Å². The summed E-state index contributed by atoms with van der Waals surface area (Å²) in [4.78, 5) is 24.7. The van der Waals surface area contributed by atoms with E-state index in [1.807, 2.05) is 24.3 Å². The van der Waals surface area contributed by atoms with Crippen LogP contribution in [0.2, 0.25) is 0 Å². The molecule has 0 saturated carbocycles. The molecule has 9 aromatic carbocycles. The monoisotopic (exact) mass is 1080 g/mol. The van der Waals surface area contributed by atoms with Gasteiger partial charge in [-0.2, -0.15) is 0 Å². The first kappa shape index (κ1) is 51.2. The minimum atomic E-state index is -0.0707. The molecular weight excluding hydrogens is 1020 g/mol. The Labute approximate surface area is 490 Å². The van der Waals surface area contributed by atoms with Gasteiger partial charge in [-0.25, -0.2) is 24.9 Å². The molecular formula is C79H63N5. The molecule has 0 unspecified atom stereocenters. The van der Waals surface area contributed by atoms with Crippen molar-refractivity contribution in [2.75, 3.05) is 0 Å². The van der Waals surface area contributed by atoms with E-state index in [4.69, 9.17) is 24.9 Å². The van der Waals surface area contributed by atoms with E-state index in [1.54, 1.807) is 0 Å². The highest BCUT2D eigenvalue weighted by Crippen LogP contribution is 2.53. The molecule has 0 radical (unpaired) electrons. The second kappa shape index (κ2) is 18.9. The fraction of sp³-hybridized carbons (Fsp3) is 0.152. The number of benzene rings is 9. The maximum absolute atomic E-state index is 5.04. The quantitative estimate of drug-likeness (QED) is 0.151. The highest BCUT2D eigenvalue weighted by Gasteiger charge is 2.41. The largest absolute Gasteiger partial charge is 0.247 e. The summed E-state index contributed by atoms with van der Waals surface area (Å²) in [6, 6.07) is 83.6. The molecule has 0 N–H and O–H groups in total. The van der Waals surface area contributed by atoms with E-state index in [1.165, 1.54) is 98.9 Å². The van der Waals surface area contributed by atoms with E-state index in [-0.39, 0.29) is 21.7 Å². The third kappa shape index (κ3) is 7.93. The molecule has 4 aliphatic carbocycles. The van der Waals surface area contributed by atoms with Crippen LogP contribution in [0.15, 0.2) is 237 Å². The average Bonchev–Trinajstić information content (AvgIpc) is 2.28. The summed E-state index contributed by atoms with van der Waals surface area (Å²) in [5, 5.41) is 8.64. The molecule has 5 aromatic heterocycles. The molecule has 5 heteroatoms. The van der Waals surface area contributed by atoms with Crippen molar-refractivity contribution < 1.29 is 0 Å². The lowest BCUT2D eigenvalue weighted by Crippen LogP contribution is -2.15. The van der Waals surface area contributed by atoms with Gasteiger partial charge in [-0.3, -0.25) is 0 Å². The third-order valence-electron chi connectivity index (χ3n) is 18.8. The Balaban J connectivity index is 0.0000000957. The maximum atomic E-state index is 5.04. The van der Waals surface area contributed by atoms with Crippen LogP contribution < -0.4 is 0 Å². The topological polar surface area (TPSA) is 64.5 Å². The molecule has 404 valence electrons. The molecule has 84 heavy (non-hydrogen) atoms. The van der Waals surface area contributed by atoms with Crippen LogP contribution in [0.1, 0.15) is 99.9 Å². The number of nitrogens with zero attached hydrogens (tertiary/aromatic N) is 5. The fourth-order valence-corrected chi connectivity index (χ4v) is 14.0. The van der Waals surface area contributed by atoms with Crippen molar-refractivity contribution >= 4 is 65.3 Å². The summed E-state index contributed by atoms with van der Waals surface area (Å²) >= 11 is 0. The van der Waals surface area contributed by atoms with Crippen molar-refractivity contribution in [2.45, 2.75) is 77.0 Å². The summed E-state index contributed by atoms with van der Waals surface area (Å²) in [5.74, 6) is 0. The second-order valence-corrected chi connectivity index (χ2v) is 25.2. The van der Waals surface area contributed by atoms with E-state index < -0.39 is 0 Å². The van der Waals surface area contributed by atoms with E-state index in [0.717, 1.165) is 56.1 Å². The molecule has 18 rings (SSSR count). The van der Waals surface area contributed by atoms with Crippen LogP contribution in [0.3, 0.4) is 0 Å². The normalized spacial score (nSPS) is 15.0. The van der Waals surface area contributed by atoms with E-state index in [0.29, 0.717) is 0 Å². The number of hydrogen-bond acceptors (Lipinski definition) is 5. The van der Waals surface area contributed by atoms with Gasteiger partial charge in [-0.15, -0.1) is 0 Å². The van der Waals surface area contributed by atoms with Gasteiger partial charge in [-0.1, -0.05) is 231 Å². The van der Waals surface area contributed by atoms with Crippen LogP contribution in [0.25, 0.3) is 110 Å². The Morgan fingerprint density at radius 2 is 0.488 bits per heavy atom. The zero-order valence-electron chi connectivity index (χ0n) is 48.8. The van der Waals surface area contributed by atoms with E-state index in [9.17, 15) is 0 Å². The predicted molar refractivity (Wildman–Crippen MR) is 350 cm³/mol. The fourth-order valence-electron chi connectivity index (χ4n) is 14.0. The van der Waals surface area contributed by atoms with Crippen LogP contribution >= 0.6 is 0 Å². The molecule has 4 aliphatic rings. The Morgan fingerprint density at radius 1 is 0.214 bits per heavy atom. The highest BCUT2D eigenvalue weighted by atomic mass is 14.8. The molecule has 5 nitrogen and oxygen atoms in total. The van der Waals surface area contributed by atoms with Gasteiger partial charge in [0.1, 0.15) is 0 Å². The SMILES string of the molecule is CC1(C)c2cc3ccccc3nc2-c2c1ccc1ccccc21.CC1(C)c2cc3ccccc3nc2-c2nc3ccccc3cc21.CC1(C)c2ccccc2-c2nc3ccccc3cc21.CC1(C)c2ccccc2-c2nc3ccccc3cc21. The van der Waals surface area contributed by atoms with E-state index in [2.05, 4.69) is 268 Å². The van der Waals surface area contributed by atoms with Crippen molar-refractivity contribution in [3.8, 4) is 45.2 Å². The zero-order chi connectivity index (χ0) is 57.3. The molecule has 0 aliphatic heterocycles. The van der Waals surface area contributed by atoms with Crippen molar-refractivity contribution in [2.24, 2.45) is 0 Å². The minimum Gasteiger partial charge on any atom is -0.247 e. The number of aromatic nitrogens is 5. The number of pyridine rings is 5. The highest BCUT2D eigenvalue weighted by molar-refractivity contribution is 6.03. The molecule has 0 bridgehead atoms. The number of rotatable bonds is 0. The van der Waals surface area contributed by atoms with Crippen molar-refractivity contribution in [1.82, 2.24) is 24.9 Å². The predicted octanol–water partition coefficient (Wildman–Crippen LogP) is 19.9. The lowest BCUT2D eigenvalue weighted by molar-refractivity contribution is 0.660. The van der Waals surface area contributed by atoms with Gasteiger partial charge in [0, 0.05) is 65.3 Å². The number of fused-ring (bicyclic) bond motifs is 19. The van der Waals surface area contributed by atoms with Gasteiger partial charge in [-0.05, 0) is 116 Å². The van der Waals surface area contributed by atoms with Gasteiger partial charge >= 0.3 is 0 Å². The summed E-state index contributed by atoms with van der Waals surface area (Å²) in [6.45, 7) is 18.3. The van der Waals surface area contributed by atoms with Crippen LogP contribution in [0.5, 0.6) is 0 Å². The van der Waals surface area contributed by atoms with Gasteiger partial charge in [0.25, 0.3) is 0 Å². The molecule has 0 atom stereocenters. The first-order valence-electron chi connectivity index (χ1n) is 29.4. The lowest BCUT2D eigenvalue weighted by atomic mass is 9.82. The molecule has 0 saturated heterocycles. The molecule has 0 spiro atoms. The molecule has 0 fully saturated rings. The van der Waals surface area contributed by atoms with Gasteiger partial charge in [0.2, 0.25) is 0 Å². The average molecular weight is 1080 g/mol. The van der Waals surface area contributed by atoms with Gasteiger partial charge < -0.3 is 0 Å². The number of hydrogen-bond donors (Lipinski definition) is 0. The summed E-state index contributed by atoms with van der Waals surface area (Å²) in [5.41, 5.74) is 25.4. The zero-order valence-corrected chi connectivity index (χ0v) is 48.8. The van der Waals surface area contributed by atoms with Gasteiger partial charge in [0.15, 0.2) is 0 Å². The van der Waals surface area contributed by atoms with E-state index >= 15 is 0 Å². The molecule has 14 aromatic rings. The summed E-state index contributed by atoms with van der Waals surface area (Å²) < 4.78 is 0. The minimum absolute atomic E-state index is 0.00820. The second-order valence-electron chi connectivity index (χ2n) is 25.2. The summed E-state index contributed by atoms with van der Waals surface area (Å²) in [7, 11) is 0. The lowest BCUT2D eigenvalue weighted by Gasteiger charge is -2.21. The van der Waals surface area contributed by atoms with Crippen LogP contribution in [-0.4, -0.2) is 24.9 Å². The van der Waals surface area contributed by atoms with Crippen molar-refractivity contribution in [3.05, 3.63) is 281 Å². The standard InChI is InChI=1S/C22H17N.C21H16N2.2C18H15N/c1-22(2)17-12-11-14-7-3-5-9-16(14)20(17)21-18(22)13-15-8-4-6-10-19(15)23-21;1-21(2)15-11-13-7-3-5-9-17(13)22-19(15)20-16(21)12-14-8-4-6-10-18(14)23-20;2*1-18(2)14-9-5-4-8-13(14)17-15(18)11-12-7-3-6-10-16(12)19-17/h3-13H,1-2H3;3-12H,1-2H3;2*3-11H,1-2H3. The number of para-hydroxylation sites is 5.